The predicted octanol–water partition coefficient (Wildman–Crippen LogP) is 9.47. The Bertz CT molecular complexity index is 2260. The highest BCUT2D eigenvalue weighted by Crippen LogP contribution is 2.54. The summed E-state index contributed by atoms with van der Waals surface area (Å²) in [6, 6.07) is 42.6. The molecule has 9 heteroatoms. The maximum atomic E-state index is 13.8. The number of carbonyl (C=O) groups is 3. The smallest absolute Gasteiger partial charge is 0.261 e. The Morgan fingerprint density at radius 1 is 0.545 bits per heavy atom. The third-order valence-electron chi connectivity index (χ3n) is 14.4. The van der Waals surface area contributed by atoms with Gasteiger partial charge in [0.2, 0.25) is 17.7 Å². The Kier molecular flexibility index (Phi) is 15.8. The lowest BCUT2D eigenvalue weighted by atomic mass is 9.55. The van der Waals surface area contributed by atoms with Crippen molar-refractivity contribution in [1.29, 1.82) is 0 Å². The summed E-state index contributed by atoms with van der Waals surface area (Å²) in [4.78, 5) is 40.3. The summed E-state index contributed by atoms with van der Waals surface area (Å²) in [5.41, 5.74) is 0.0941. The molecule has 0 saturated carbocycles. The van der Waals surface area contributed by atoms with Crippen LogP contribution in [0.4, 0.5) is 0 Å². The summed E-state index contributed by atoms with van der Waals surface area (Å²) in [6.07, 6.45) is 19.3. The predicted molar refractivity (Wildman–Crippen MR) is 274 cm³/mol. The fraction of sp³-hybridized carbons (Fsp3) is 0.421. The molecule has 66 heavy (non-hydrogen) atoms. The Morgan fingerprint density at radius 3 is 1.38 bits per heavy atom. The number of piperidine rings is 1. The molecule has 2 bridgehead atoms. The van der Waals surface area contributed by atoms with Crippen molar-refractivity contribution in [2.75, 3.05) is 13.2 Å². The molecule has 3 amide bonds. The van der Waals surface area contributed by atoms with Gasteiger partial charge in [-0.05, 0) is 101 Å². The lowest BCUT2D eigenvalue weighted by molar-refractivity contribution is -0.145. The molecule has 7 nitrogen and oxygen atoms in total. The number of fused-ring (bicyclic) bond motifs is 1. The van der Waals surface area contributed by atoms with Crippen molar-refractivity contribution in [1.82, 2.24) is 10.6 Å². The second-order valence-electron chi connectivity index (χ2n) is 20.6. The first-order valence-electron chi connectivity index (χ1n) is 24.4. The quantitative estimate of drug-likeness (QED) is 0.0355. The van der Waals surface area contributed by atoms with Gasteiger partial charge in [0.25, 0.3) is 16.6 Å². The van der Waals surface area contributed by atoms with Gasteiger partial charge in [-0.25, -0.2) is 0 Å². The zero-order valence-corrected chi connectivity index (χ0v) is 42.2. The van der Waals surface area contributed by atoms with Crippen molar-refractivity contribution in [2.45, 2.75) is 122 Å². The monoisotopic (exact) mass is 920 g/mol. The fourth-order valence-electron chi connectivity index (χ4n) is 11.3. The molecule has 4 aromatic carbocycles. The molecule has 2 saturated heterocycles. The first kappa shape index (κ1) is 49.0. The fourth-order valence-corrected chi connectivity index (χ4v) is 20.5. The van der Waals surface area contributed by atoms with Gasteiger partial charge in [0.05, 0.1) is 23.3 Å². The van der Waals surface area contributed by atoms with Crippen LogP contribution in [0.15, 0.2) is 157 Å². The van der Waals surface area contributed by atoms with Gasteiger partial charge in [-0.2, -0.15) is 0 Å². The highest BCUT2D eigenvalue weighted by Gasteiger charge is 2.67. The highest BCUT2D eigenvalue weighted by molar-refractivity contribution is 7.00. The molecular weight excluding hydrogens is 849 g/mol. The van der Waals surface area contributed by atoms with Crippen LogP contribution in [0.25, 0.3) is 0 Å². The third-order valence-corrected chi connectivity index (χ3v) is 24.5. The number of unbranched alkanes of at least 4 members (excludes halogenated alkanes) is 4. The van der Waals surface area contributed by atoms with E-state index in [1.165, 1.54) is 20.7 Å². The number of hydrogen-bond donors (Lipinski definition) is 2. The zero-order chi connectivity index (χ0) is 46.8. The number of carbonyl (C=O) groups excluding carboxylic acids is 3. The van der Waals surface area contributed by atoms with E-state index in [9.17, 15) is 14.4 Å². The molecule has 2 N–H and O–H groups in total. The molecular formula is C57H72N2O5Si2. The standard InChI is InChI=1S/C57H72N2O5Si2/c1-55(2,3)65(45-32-20-15-21-33-45,46-34-22-16-23-35-46)63-41-29-13-9-7-11-19-31-44-43-49-50-53(61)59-54(62)57(50,51(44)58-52(49)60)40-28-12-8-10-14-30-42-64-66(56(4,5)6,47-36-24-17-25-37-47)48-38-26-18-27-39-48/h7-8,11-12,15-18,20-27,32-39,43,49-51H,9-10,13-14,19,28-31,40-42H2,1-6H3,(H,58,60)(H,59,61,62)/b11-7-,12-8-/t49-,50-,51+,57+/m1/s1. The van der Waals surface area contributed by atoms with Crippen molar-refractivity contribution in [3.8, 4) is 0 Å². The zero-order valence-electron chi connectivity index (χ0n) is 40.2. The van der Waals surface area contributed by atoms with Gasteiger partial charge in [-0.15, -0.1) is 0 Å². The average Bonchev–Trinajstić information content (AvgIpc) is 3.58. The summed E-state index contributed by atoms with van der Waals surface area (Å²) >= 11 is 0. The van der Waals surface area contributed by atoms with E-state index in [-0.39, 0.29) is 27.8 Å². The molecule has 3 aliphatic heterocycles. The first-order chi connectivity index (χ1) is 31.8. The molecule has 4 atom stereocenters. The van der Waals surface area contributed by atoms with E-state index in [2.05, 4.69) is 198 Å². The van der Waals surface area contributed by atoms with Gasteiger partial charge in [-0.3, -0.25) is 19.7 Å². The van der Waals surface area contributed by atoms with Crippen molar-refractivity contribution in [2.24, 2.45) is 17.3 Å². The van der Waals surface area contributed by atoms with Crippen molar-refractivity contribution in [3.63, 3.8) is 0 Å². The van der Waals surface area contributed by atoms with Crippen LogP contribution >= 0.6 is 0 Å². The third kappa shape index (κ3) is 9.87. The Balaban J connectivity index is 0.898. The molecule has 4 aromatic rings. The van der Waals surface area contributed by atoms with E-state index in [1.807, 2.05) is 6.08 Å². The van der Waals surface area contributed by atoms with Crippen molar-refractivity contribution >= 4 is 55.1 Å². The largest absolute Gasteiger partial charge is 0.407 e. The molecule has 0 spiro atoms. The average molecular weight is 921 g/mol. The summed E-state index contributed by atoms with van der Waals surface area (Å²) in [7, 11) is -5.11. The lowest BCUT2D eigenvalue weighted by Gasteiger charge is -2.50. The Labute approximate surface area is 396 Å². The molecule has 8 rings (SSSR count). The topological polar surface area (TPSA) is 93.7 Å². The minimum Gasteiger partial charge on any atom is -0.407 e. The van der Waals surface area contributed by atoms with Crippen LogP contribution in [0.3, 0.4) is 0 Å². The van der Waals surface area contributed by atoms with Crippen LogP contribution in [-0.4, -0.2) is 53.6 Å². The second kappa shape index (κ2) is 21.4. The minimum atomic E-state index is -2.57. The van der Waals surface area contributed by atoms with Crippen LogP contribution in [-0.2, 0) is 23.2 Å². The minimum absolute atomic E-state index is 0.0464. The molecule has 348 valence electrons. The van der Waals surface area contributed by atoms with E-state index in [0.29, 0.717) is 26.1 Å². The highest BCUT2D eigenvalue weighted by atomic mass is 28.4. The normalized spacial score (nSPS) is 21.0. The SMILES string of the molecule is CC(C)(C)[Si](OCCCC/C=C\CCC1=C[C@H]2C(=O)N[C@@H]1[C@@]1(CC/C=C\CCCCO[Si](c3ccccc3)(c3ccccc3)C(C)(C)C)C(=O)NC(=O)[C@@H]21)(c1ccccc1)c1ccccc1. The summed E-state index contributed by atoms with van der Waals surface area (Å²) in [6.45, 7) is 15.2. The number of hydrogen-bond acceptors (Lipinski definition) is 5. The molecule has 0 aromatic heterocycles. The van der Waals surface area contributed by atoms with Crippen LogP contribution in [0.2, 0.25) is 10.1 Å². The summed E-state index contributed by atoms with van der Waals surface area (Å²) in [5.74, 6) is -2.01. The molecule has 2 fully saturated rings. The van der Waals surface area contributed by atoms with Gasteiger partial charge in [0.15, 0.2) is 0 Å². The van der Waals surface area contributed by atoms with Crippen LogP contribution < -0.4 is 31.4 Å². The molecule has 0 unspecified atom stereocenters. The van der Waals surface area contributed by atoms with Gasteiger partial charge < -0.3 is 14.2 Å². The van der Waals surface area contributed by atoms with Crippen LogP contribution in [0.1, 0.15) is 106 Å². The number of nitrogens with one attached hydrogen (secondary N) is 2. The van der Waals surface area contributed by atoms with Gasteiger partial charge in [0, 0.05) is 13.2 Å². The maximum Gasteiger partial charge on any atom is 0.261 e. The number of imide groups is 1. The van der Waals surface area contributed by atoms with Crippen LogP contribution in [0, 0.1) is 17.3 Å². The number of benzene rings is 4. The van der Waals surface area contributed by atoms with Gasteiger partial charge in [-0.1, -0.05) is 193 Å². The van der Waals surface area contributed by atoms with Crippen molar-refractivity contribution in [3.05, 3.63) is 157 Å². The number of allylic oxidation sites excluding steroid dienone is 4. The molecule has 3 heterocycles. The maximum absolute atomic E-state index is 13.8. The van der Waals surface area contributed by atoms with E-state index in [4.69, 9.17) is 8.85 Å². The number of amides is 3. The van der Waals surface area contributed by atoms with E-state index in [1.54, 1.807) is 0 Å². The van der Waals surface area contributed by atoms with Crippen LogP contribution in [0.5, 0.6) is 0 Å². The summed E-state index contributed by atoms with van der Waals surface area (Å²) < 4.78 is 14.2. The van der Waals surface area contributed by atoms with E-state index >= 15 is 0 Å². The number of rotatable bonds is 22. The molecule has 0 radical (unpaired) electrons. The van der Waals surface area contributed by atoms with Crippen molar-refractivity contribution < 1.29 is 23.2 Å². The lowest BCUT2D eigenvalue weighted by Crippen LogP contribution is -2.66. The van der Waals surface area contributed by atoms with E-state index < -0.39 is 39.9 Å². The van der Waals surface area contributed by atoms with E-state index in [0.717, 1.165) is 56.9 Å². The Hall–Kier alpha value is -4.94. The first-order valence-corrected chi connectivity index (χ1v) is 28.3. The van der Waals surface area contributed by atoms with Gasteiger partial charge >= 0.3 is 0 Å². The molecule has 1 aliphatic carbocycles. The summed E-state index contributed by atoms with van der Waals surface area (Å²) in [5, 5.41) is 10.9. The van der Waals surface area contributed by atoms with Gasteiger partial charge in [0.1, 0.15) is 0 Å². The Morgan fingerprint density at radius 2 is 0.955 bits per heavy atom. The second-order valence-corrected chi connectivity index (χ2v) is 29.2. The molecule has 4 aliphatic rings.